The van der Waals surface area contributed by atoms with Gasteiger partial charge < -0.3 is 28.6 Å². The number of allylic oxidation sites excluding steroid dienone is 14. The topological polar surface area (TPSA) is 102 Å². The van der Waals surface area contributed by atoms with Crippen molar-refractivity contribution in [1.82, 2.24) is 0 Å². The molecule has 0 bridgehead atoms. The quantitative estimate of drug-likeness (QED) is 0.0261. The van der Waals surface area contributed by atoms with Gasteiger partial charge in [0.25, 0.3) is 0 Å². The van der Waals surface area contributed by atoms with Crippen molar-refractivity contribution in [3.8, 4) is 0 Å². The Bertz CT molecular complexity index is 1250. The molecule has 8 nitrogen and oxygen atoms in total. The molecule has 0 heterocycles. The summed E-state index contributed by atoms with van der Waals surface area (Å²) < 4.78 is 17.2. The smallest absolute Gasteiger partial charge is 0.306 e. The third-order valence-electron chi connectivity index (χ3n) is 10.0. The Kier molecular flexibility index (Phi) is 39.8. The van der Waals surface area contributed by atoms with E-state index in [9.17, 15) is 19.5 Å². The number of esters is 2. The first-order valence-corrected chi connectivity index (χ1v) is 23.6. The third kappa shape index (κ3) is 39.9. The highest BCUT2D eigenvalue weighted by Gasteiger charge is 2.25. The molecule has 0 aliphatic carbocycles. The molecule has 2 unspecified atom stereocenters. The number of ether oxygens (including phenoxy) is 3. The second-order valence-electron chi connectivity index (χ2n) is 16.6. The van der Waals surface area contributed by atoms with Crippen LogP contribution in [0.25, 0.3) is 0 Å². The predicted octanol–water partition coefficient (Wildman–Crippen LogP) is 12.0. The van der Waals surface area contributed by atoms with E-state index >= 15 is 0 Å². The number of nitrogens with zero attached hydrogens (tertiary/aromatic N) is 1. The maximum Gasteiger partial charge on any atom is 0.306 e. The number of hydrogen-bond donors (Lipinski definition) is 0. The summed E-state index contributed by atoms with van der Waals surface area (Å²) in [5.74, 6) is -1.79. The summed E-state index contributed by atoms with van der Waals surface area (Å²) in [5.41, 5.74) is 0. The standard InChI is InChI=1S/C52H87NO7/c1-6-8-10-12-14-16-18-20-22-24-25-26-27-29-31-33-35-37-39-41-43-51(55)60-48(46-58-45-44-49(52(56)57)53(3,4)5)47-59-50(54)42-40-38-36-34-32-30-28-23-21-19-17-15-13-11-9-7-2/h8-11,14-17,20-23,30,32,48-49H,6-7,12-13,18-19,24-29,31,33-47H2,1-5H3/b10-8+,11-9+,16-14+,17-15+,22-20+,23-21+,32-30+. The highest BCUT2D eigenvalue weighted by atomic mass is 16.6. The van der Waals surface area contributed by atoms with E-state index in [2.05, 4.69) is 98.9 Å². The highest BCUT2D eigenvalue weighted by Crippen LogP contribution is 2.14. The van der Waals surface area contributed by atoms with Gasteiger partial charge in [-0.05, 0) is 83.5 Å². The number of likely N-dealkylation sites (N-methyl/N-ethyl adjacent to an activating group) is 1. The molecule has 342 valence electrons. The molecule has 2 atom stereocenters. The second kappa shape index (κ2) is 42.2. The van der Waals surface area contributed by atoms with Crippen molar-refractivity contribution in [1.29, 1.82) is 0 Å². The summed E-state index contributed by atoms with van der Waals surface area (Å²) in [4.78, 5) is 36.9. The lowest BCUT2D eigenvalue weighted by Crippen LogP contribution is -2.55. The SMILES string of the molecule is CC/C=C/C/C=C/C/C=C/C/C=C/CCCCCC(=O)OCC(COCCC(C(=O)[O-])[N+](C)(C)C)OC(=O)CCCCCCCCCCCC/C=C/C/C=C/C/C=C/CC. The third-order valence-corrected chi connectivity index (χ3v) is 10.0. The van der Waals surface area contributed by atoms with Gasteiger partial charge in [0.15, 0.2) is 6.10 Å². The van der Waals surface area contributed by atoms with Gasteiger partial charge >= 0.3 is 11.9 Å². The molecule has 0 rings (SSSR count). The molecule has 0 aliphatic heterocycles. The van der Waals surface area contributed by atoms with Crippen LogP contribution in [0.1, 0.15) is 174 Å². The zero-order chi connectivity index (χ0) is 44.2. The van der Waals surface area contributed by atoms with Gasteiger partial charge in [0.1, 0.15) is 12.6 Å². The van der Waals surface area contributed by atoms with Crippen LogP contribution < -0.4 is 5.11 Å². The number of rotatable bonds is 41. The van der Waals surface area contributed by atoms with Gasteiger partial charge in [-0.1, -0.05) is 157 Å². The van der Waals surface area contributed by atoms with E-state index in [1.54, 1.807) is 21.1 Å². The van der Waals surface area contributed by atoms with Gasteiger partial charge in [-0.25, -0.2) is 0 Å². The molecule has 8 heteroatoms. The van der Waals surface area contributed by atoms with E-state index < -0.39 is 18.1 Å². The van der Waals surface area contributed by atoms with Crippen molar-refractivity contribution in [2.24, 2.45) is 0 Å². The Labute approximate surface area is 367 Å². The Morgan fingerprint density at radius 2 is 0.883 bits per heavy atom. The molecule has 60 heavy (non-hydrogen) atoms. The first-order chi connectivity index (χ1) is 29.1. The Morgan fingerprint density at radius 3 is 1.32 bits per heavy atom. The fourth-order valence-electron chi connectivity index (χ4n) is 6.43. The predicted molar refractivity (Wildman–Crippen MR) is 249 cm³/mol. The number of quaternary nitrogens is 1. The van der Waals surface area contributed by atoms with Crippen molar-refractivity contribution < 1.29 is 38.2 Å². The van der Waals surface area contributed by atoms with Gasteiger partial charge in [-0.3, -0.25) is 9.59 Å². The Hall–Kier alpha value is -3.49. The summed E-state index contributed by atoms with van der Waals surface area (Å²) in [6, 6.07) is -0.736. The Balaban J connectivity index is 4.35. The van der Waals surface area contributed by atoms with Gasteiger partial charge in [0, 0.05) is 19.3 Å². The van der Waals surface area contributed by atoms with Crippen molar-refractivity contribution in [2.75, 3.05) is 41.0 Å². The summed E-state index contributed by atoms with van der Waals surface area (Å²) >= 11 is 0. The second-order valence-corrected chi connectivity index (χ2v) is 16.6. The molecule has 0 aromatic heterocycles. The normalized spacial score (nSPS) is 13.7. The fraction of sp³-hybridized carbons (Fsp3) is 0.673. The van der Waals surface area contributed by atoms with Crippen LogP contribution in [0.3, 0.4) is 0 Å². The van der Waals surface area contributed by atoms with E-state index in [0.717, 1.165) is 89.9 Å². The molecule has 0 aliphatic rings. The number of carboxylic acid groups (broad SMARTS) is 1. The number of carboxylic acids is 1. The zero-order valence-corrected chi connectivity index (χ0v) is 38.8. The van der Waals surface area contributed by atoms with Crippen LogP contribution in [0.5, 0.6) is 0 Å². The molecule has 0 aromatic carbocycles. The van der Waals surface area contributed by atoms with E-state index in [0.29, 0.717) is 12.8 Å². The zero-order valence-electron chi connectivity index (χ0n) is 38.8. The van der Waals surface area contributed by atoms with Crippen LogP contribution in [-0.4, -0.2) is 75.5 Å². The molecule has 0 saturated carbocycles. The van der Waals surface area contributed by atoms with E-state index in [1.165, 1.54) is 51.4 Å². The molecule has 0 saturated heterocycles. The lowest BCUT2D eigenvalue weighted by molar-refractivity contribution is -0.889. The lowest BCUT2D eigenvalue weighted by Gasteiger charge is -2.34. The number of aliphatic carboxylic acids is 1. The number of unbranched alkanes of at least 4 members (excludes halogenated alkanes) is 13. The Morgan fingerprint density at radius 1 is 0.500 bits per heavy atom. The molecule has 0 radical (unpaired) electrons. The van der Waals surface area contributed by atoms with Crippen LogP contribution in [-0.2, 0) is 28.6 Å². The lowest BCUT2D eigenvalue weighted by atomic mass is 10.0. The van der Waals surface area contributed by atoms with Crippen LogP contribution in [0, 0.1) is 0 Å². The summed E-state index contributed by atoms with van der Waals surface area (Å²) in [5, 5.41) is 11.6. The van der Waals surface area contributed by atoms with Gasteiger partial charge in [-0.15, -0.1) is 0 Å². The fourth-order valence-corrected chi connectivity index (χ4v) is 6.43. The largest absolute Gasteiger partial charge is 0.544 e. The number of hydrogen-bond acceptors (Lipinski definition) is 7. The number of carbonyl (C=O) groups is 3. The maximum absolute atomic E-state index is 12.8. The molecular weight excluding hydrogens is 751 g/mol. The van der Waals surface area contributed by atoms with Crippen LogP contribution in [0.2, 0.25) is 0 Å². The summed E-state index contributed by atoms with van der Waals surface area (Å²) in [6.07, 6.45) is 54.7. The minimum atomic E-state index is -1.13. The van der Waals surface area contributed by atoms with Crippen molar-refractivity contribution in [2.45, 2.75) is 187 Å². The van der Waals surface area contributed by atoms with E-state index in [4.69, 9.17) is 14.2 Å². The van der Waals surface area contributed by atoms with E-state index in [-0.39, 0.29) is 42.7 Å². The summed E-state index contributed by atoms with van der Waals surface area (Å²) in [6.45, 7) is 4.39. The molecule has 0 spiro atoms. The van der Waals surface area contributed by atoms with Gasteiger partial charge in [0.2, 0.25) is 0 Å². The minimum absolute atomic E-state index is 0.0243. The molecular formula is C52H87NO7. The van der Waals surface area contributed by atoms with Crippen LogP contribution in [0.4, 0.5) is 0 Å². The first-order valence-electron chi connectivity index (χ1n) is 23.6. The first kappa shape index (κ1) is 56.5. The molecule has 0 fully saturated rings. The van der Waals surface area contributed by atoms with Crippen molar-refractivity contribution in [3.63, 3.8) is 0 Å². The molecule has 0 aromatic rings. The van der Waals surface area contributed by atoms with Gasteiger partial charge in [0.05, 0.1) is 40.3 Å². The minimum Gasteiger partial charge on any atom is -0.544 e. The van der Waals surface area contributed by atoms with Crippen LogP contribution in [0.15, 0.2) is 85.1 Å². The van der Waals surface area contributed by atoms with Crippen molar-refractivity contribution >= 4 is 17.9 Å². The average molecular weight is 838 g/mol. The van der Waals surface area contributed by atoms with Crippen LogP contribution >= 0.6 is 0 Å². The summed E-state index contributed by atoms with van der Waals surface area (Å²) in [7, 11) is 5.39. The van der Waals surface area contributed by atoms with Crippen molar-refractivity contribution in [3.05, 3.63) is 85.1 Å². The monoisotopic (exact) mass is 838 g/mol. The van der Waals surface area contributed by atoms with E-state index in [1.807, 2.05) is 0 Å². The molecule has 0 N–H and O–H groups in total. The average Bonchev–Trinajstić information content (AvgIpc) is 3.21. The highest BCUT2D eigenvalue weighted by molar-refractivity contribution is 5.70. The molecule has 0 amide bonds. The maximum atomic E-state index is 12.8. The number of carbonyl (C=O) groups excluding carboxylic acids is 3. The van der Waals surface area contributed by atoms with Gasteiger partial charge in [-0.2, -0.15) is 0 Å².